The molecule has 1 N–H and O–H groups in total. The maximum atomic E-state index is 14.2. The summed E-state index contributed by atoms with van der Waals surface area (Å²) >= 11 is 0. The van der Waals surface area contributed by atoms with Crippen molar-refractivity contribution in [3.8, 4) is 0 Å². The number of rotatable bonds is 5. The molecule has 26 heavy (non-hydrogen) atoms. The molecule has 1 aliphatic heterocycles. The molecular formula is C20H28FN3O2. The van der Waals surface area contributed by atoms with Crippen LogP contribution >= 0.6 is 0 Å². The van der Waals surface area contributed by atoms with Crippen LogP contribution in [-0.4, -0.2) is 50.1 Å². The predicted molar refractivity (Wildman–Crippen MR) is 99.6 cm³/mol. The van der Waals surface area contributed by atoms with Gasteiger partial charge in [0.25, 0.3) is 0 Å². The standard InChI is InChI=1S/C20H28FN3O2/c1-3-26-18(25)15-7-6-12-24(13-15)19(22-2)23-14-20(10-11-20)16-8-4-5-9-17(16)21/h4-5,8-9,15H,3,6-7,10-14H2,1-2H3,(H,22,23). The van der Waals surface area contributed by atoms with Crippen LogP contribution in [0.4, 0.5) is 4.39 Å². The highest BCUT2D eigenvalue weighted by molar-refractivity contribution is 5.81. The molecule has 1 aliphatic carbocycles. The van der Waals surface area contributed by atoms with Crippen LogP contribution in [0.15, 0.2) is 29.3 Å². The van der Waals surface area contributed by atoms with Gasteiger partial charge in [0.1, 0.15) is 5.82 Å². The van der Waals surface area contributed by atoms with E-state index in [1.54, 1.807) is 13.1 Å². The summed E-state index contributed by atoms with van der Waals surface area (Å²) in [7, 11) is 1.75. The number of esters is 1. The van der Waals surface area contributed by atoms with Crippen molar-refractivity contribution in [2.75, 3.05) is 33.3 Å². The second-order valence-corrected chi connectivity index (χ2v) is 7.20. The number of piperidine rings is 1. The molecule has 1 heterocycles. The summed E-state index contributed by atoms with van der Waals surface area (Å²) in [5, 5.41) is 3.42. The van der Waals surface area contributed by atoms with E-state index in [-0.39, 0.29) is 23.1 Å². The molecule has 0 spiro atoms. The quantitative estimate of drug-likeness (QED) is 0.498. The number of carbonyl (C=O) groups excluding carboxylic acids is 1. The van der Waals surface area contributed by atoms with Crippen molar-refractivity contribution in [1.29, 1.82) is 0 Å². The van der Waals surface area contributed by atoms with Gasteiger partial charge in [-0.25, -0.2) is 4.39 Å². The van der Waals surface area contributed by atoms with Crippen molar-refractivity contribution >= 4 is 11.9 Å². The largest absolute Gasteiger partial charge is 0.466 e. The maximum absolute atomic E-state index is 14.2. The van der Waals surface area contributed by atoms with Crippen LogP contribution in [0, 0.1) is 11.7 Å². The first-order valence-electron chi connectivity index (χ1n) is 9.47. The van der Waals surface area contributed by atoms with Gasteiger partial charge < -0.3 is 15.0 Å². The third-order valence-corrected chi connectivity index (χ3v) is 5.44. The summed E-state index contributed by atoms with van der Waals surface area (Å²) in [4.78, 5) is 18.6. The lowest BCUT2D eigenvalue weighted by molar-refractivity contribution is -0.149. The first-order valence-corrected chi connectivity index (χ1v) is 9.47. The van der Waals surface area contributed by atoms with Crippen LogP contribution in [0.2, 0.25) is 0 Å². The van der Waals surface area contributed by atoms with Crippen molar-refractivity contribution in [2.45, 2.75) is 38.0 Å². The molecule has 1 unspecified atom stereocenters. The van der Waals surface area contributed by atoms with Gasteiger partial charge in [-0.15, -0.1) is 0 Å². The molecule has 6 heteroatoms. The minimum atomic E-state index is -0.141. The van der Waals surface area contributed by atoms with Crippen LogP contribution in [0.3, 0.4) is 0 Å². The lowest BCUT2D eigenvalue weighted by Gasteiger charge is -2.34. The first kappa shape index (κ1) is 18.7. The summed E-state index contributed by atoms with van der Waals surface area (Å²) in [6.07, 6.45) is 3.74. The molecule has 0 amide bonds. The summed E-state index contributed by atoms with van der Waals surface area (Å²) in [6, 6.07) is 7.02. The second-order valence-electron chi connectivity index (χ2n) is 7.20. The van der Waals surface area contributed by atoms with E-state index in [9.17, 15) is 9.18 Å². The number of aliphatic imine (C=N–C) groups is 1. The van der Waals surface area contributed by atoms with Gasteiger partial charge >= 0.3 is 5.97 Å². The van der Waals surface area contributed by atoms with Gasteiger partial charge in [-0.05, 0) is 44.2 Å². The van der Waals surface area contributed by atoms with E-state index in [4.69, 9.17) is 4.74 Å². The van der Waals surface area contributed by atoms with Crippen LogP contribution in [0.5, 0.6) is 0 Å². The minimum absolute atomic E-state index is 0.108. The van der Waals surface area contributed by atoms with Crippen molar-refractivity contribution in [3.63, 3.8) is 0 Å². The Bertz CT molecular complexity index is 673. The molecule has 142 valence electrons. The Morgan fingerprint density at radius 2 is 2.19 bits per heavy atom. The normalized spacial score (nSPS) is 22.0. The number of nitrogens with zero attached hydrogens (tertiary/aromatic N) is 2. The lowest BCUT2D eigenvalue weighted by Crippen LogP contribution is -2.49. The third-order valence-electron chi connectivity index (χ3n) is 5.44. The Kier molecular flexibility index (Phi) is 5.79. The first-order chi connectivity index (χ1) is 12.6. The lowest BCUT2D eigenvalue weighted by atomic mass is 9.95. The monoisotopic (exact) mass is 361 g/mol. The van der Waals surface area contributed by atoms with E-state index in [0.717, 1.165) is 43.8 Å². The van der Waals surface area contributed by atoms with Gasteiger partial charge in [-0.1, -0.05) is 18.2 Å². The summed E-state index contributed by atoms with van der Waals surface area (Å²) in [6.45, 7) is 4.37. The van der Waals surface area contributed by atoms with Gasteiger partial charge in [0.05, 0.1) is 12.5 Å². The van der Waals surface area contributed by atoms with E-state index in [1.165, 1.54) is 6.07 Å². The Labute approximate surface area is 154 Å². The van der Waals surface area contributed by atoms with Gasteiger partial charge in [-0.2, -0.15) is 0 Å². The Morgan fingerprint density at radius 1 is 1.42 bits per heavy atom. The zero-order chi connectivity index (χ0) is 18.6. The van der Waals surface area contributed by atoms with Crippen molar-refractivity contribution in [2.24, 2.45) is 10.9 Å². The fourth-order valence-electron chi connectivity index (χ4n) is 3.79. The van der Waals surface area contributed by atoms with Gasteiger partial charge in [0, 0.05) is 32.1 Å². The van der Waals surface area contributed by atoms with Gasteiger partial charge in [-0.3, -0.25) is 9.79 Å². The van der Waals surface area contributed by atoms with E-state index in [0.29, 0.717) is 19.7 Å². The van der Waals surface area contributed by atoms with E-state index in [2.05, 4.69) is 15.2 Å². The van der Waals surface area contributed by atoms with Crippen molar-refractivity contribution < 1.29 is 13.9 Å². The molecule has 2 aliphatic rings. The van der Waals surface area contributed by atoms with Gasteiger partial charge in [0.15, 0.2) is 5.96 Å². The number of benzene rings is 1. The second kappa shape index (κ2) is 8.06. The Balaban J connectivity index is 1.62. The predicted octanol–water partition coefficient (Wildman–Crippen LogP) is 2.71. The molecule has 1 aromatic rings. The number of nitrogens with one attached hydrogen (secondary N) is 1. The fourth-order valence-corrected chi connectivity index (χ4v) is 3.79. The van der Waals surface area contributed by atoms with Crippen molar-refractivity contribution in [1.82, 2.24) is 10.2 Å². The molecule has 2 fully saturated rings. The number of likely N-dealkylation sites (tertiary alicyclic amines) is 1. The smallest absolute Gasteiger partial charge is 0.310 e. The average Bonchev–Trinajstić information content (AvgIpc) is 3.44. The Hall–Kier alpha value is -2.11. The molecule has 1 saturated heterocycles. The highest BCUT2D eigenvalue weighted by atomic mass is 19.1. The summed E-state index contributed by atoms with van der Waals surface area (Å²) < 4.78 is 19.3. The molecule has 1 atom stereocenters. The number of ether oxygens (including phenoxy) is 1. The molecule has 5 nitrogen and oxygen atoms in total. The van der Waals surface area contributed by atoms with E-state index < -0.39 is 0 Å². The zero-order valence-corrected chi connectivity index (χ0v) is 15.6. The van der Waals surface area contributed by atoms with Crippen LogP contribution < -0.4 is 5.32 Å². The molecule has 1 aromatic carbocycles. The van der Waals surface area contributed by atoms with Gasteiger partial charge in [0.2, 0.25) is 0 Å². The highest BCUT2D eigenvalue weighted by Gasteiger charge is 2.46. The van der Waals surface area contributed by atoms with Crippen LogP contribution in [0.1, 0.15) is 38.2 Å². The minimum Gasteiger partial charge on any atom is -0.466 e. The van der Waals surface area contributed by atoms with Crippen LogP contribution in [-0.2, 0) is 14.9 Å². The molecule has 1 saturated carbocycles. The average molecular weight is 361 g/mol. The molecule has 0 aromatic heterocycles. The SMILES string of the molecule is CCOC(=O)C1CCCN(C(=NC)NCC2(c3ccccc3F)CC2)C1. The van der Waals surface area contributed by atoms with E-state index in [1.807, 2.05) is 19.1 Å². The van der Waals surface area contributed by atoms with Crippen molar-refractivity contribution in [3.05, 3.63) is 35.6 Å². The summed E-state index contributed by atoms with van der Waals surface area (Å²) in [5.74, 6) is 0.408. The Morgan fingerprint density at radius 3 is 2.85 bits per heavy atom. The number of hydrogen-bond acceptors (Lipinski definition) is 3. The number of halogens is 1. The molecule has 3 rings (SSSR count). The number of carbonyl (C=O) groups is 1. The molecular weight excluding hydrogens is 333 g/mol. The van der Waals surface area contributed by atoms with E-state index >= 15 is 0 Å². The molecule has 0 radical (unpaired) electrons. The number of hydrogen-bond donors (Lipinski definition) is 1. The highest BCUT2D eigenvalue weighted by Crippen LogP contribution is 2.48. The van der Waals surface area contributed by atoms with Crippen LogP contribution in [0.25, 0.3) is 0 Å². The zero-order valence-electron chi connectivity index (χ0n) is 15.6. The molecule has 0 bridgehead atoms. The number of guanidine groups is 1. The topological polar surface area (TPSA) is 53.9 Å². The summed E-state index contributed by atoms with van der Waals surface area (Å²) in [5.41, 5.74) is 0.642. The third kappa shape index (κ3) is 4.00. The maximum Gasteiger partial charge on any atom is 0.310 e. The fraction of sp³-hybridized carbons (Fsp3) is 0.600.